The second-order valence-corrected chi connectivity index (χ2v) is 6.21. The van der Waals surface area contributed by atoms with Gasteiger partial charge in [0.15, 0.2) is 0 Å². The number of carbonyl (C=O) groups excluding carboxylic acids is 1. The standard InChI is InChI=1S/C17H16ClF2N5O/c1-11-5-15(17(19)20)23-25(11)10-16(26)22-14-7-21-24(9-14)8-12-3-2-4-13(18)6-12/h2-7,9,17H,8,10H2,1H3,(H,22,26). The summed E-state index contributed by atoms with van der Waals surface area (Å²) in [7, 11) is 0. The molecule has 0 spiro atoms. The fourth-order valence-corrected chi connectivity index (χ4v) is 2.69. The second-order valence-electron chi connectivity index (χ2n) is 5.77. The number of aryl methyl sites for hydroxylation is 1. The van der Waals surface area contributed by atoms with E-state index in [0.29, 0.717) is 22.9 Å². The molecule has 0 aliphatic carbocycles. The molecule has 2 heterocycles. The zero-order valence-electron chi connectivity index (χ0n) is 13.9. The maximum absolute atomic E-state index is 12.7. The third-order valence-corrected chi connectivity index (χ3v) is 3.90. The zero-order valence-corrected chi connectivity index (χ0v) is 14.6. The van der Waals surface area contributed by atoms with E-state index in [2.05, 4.69) is 15.5 Å². The number of hydrogen-bond donors (Lipinski definition) is 1. The van der Waals surface area contributed by atoms with Crippen molar-refractivity contribution in [3.63, 3.8) is 0 Å². The molecule has 0 bridgehead atoms. The summed E-state index contributed by atoms with van der Waals surface area (Å²) < 4.78 is 28.2. The van der Waals surface area contributed by atoms with Crippen LogP contribution >= 0.6 is 11.6 Å². The summed E-state index contributed by atoms with van der Waals surface area (Å²) in [5.41, 5.74) is 1.64. The Labute approximate surface area is 153 Å². The Hall–Kier alpha value is -2.74. The van der Waals surface area contributed by atoms with E-state index in [1.54, 1.807) is 23.9 Å². The van der Waals surface area contributed by atoms with Gasteiger partial charge in [-0.15, -0.1) is 0 Å². The lowest BCUT2D eigenvalue weighted by Crippen LogP contribution is -2.20. The number of carbonyl (C=O) groups is 1. The predicted octanol–water partition coefficient (Wildman–Crippen LogP) is 3.67. The highest BCUT2D eigenvalue weighted by Gasteiger charge is 2.15. The van der Waals surface area contributed by atoms with Gasteiger partial charge in [0, 0.05) is 16.9 Å². The molecule has 0 saturated heterocycles. The first-order chi connectivity index (χ1) is 12.4. The van der Waals surface area contributed by atoms with Gasteiger partial charge in [-0.2, -0.15) is 10.2 Å². The summed E-state index contributed by atoms with van der Waals surface area (Å²) in [4.78, 5) is 12.1. The van der Waals surface area contributed by atoms with Crippen molar-refractivity contribution in [2.75, 3.05) is 5.32 Å². The van der Waals surface area contributed by atoms with Crippen LogP contribution in [0.5, 0.6) is 0 Å². The van der Waals surface area contributed by atoms with Crippen LogP contribution in [0.25, 0.3) is 0 Å². The Morgan fingerprint density at radius 3 is 2.85 bits per heavy atom. The number of anilines is 1. The largest absolute Gasteiger partial charge is 0.322 e. The van der Waals surface area contributed by atoms with Crippen molar-refractivity contribution < 1.29 is 13.6 Å². The van der Waals surface area contributed by atoms with E-state index in [-0.39, 0.29) is 18.1 Å². The first-order valence-corrected chi connectivity index (χ1v) is 8.18. The molecule has 1 aromatic carbocycles. The van der Waals surface area contributed by atoms with E-state index in [1.807, 2.05) is 18.2 Å². The molecule has 0 saturated carbocycles. The topological polar surface area (TPSA) is 64.7 Å². The first-order valence-electron chi connectivity index (χ1n) is 7.80. The molecule has 3 rings (SSSR count). The average molecular weight is 380 g/mol. The number of nitrogens with zero attached hydrogens (tertiary/aromatic N) is 4. The molecule has 26 heavy (non-hydrogen) atoms. The summed E-state index contributed by atoms with van der Waals surface area (Å²) >= 11 is 5.95. The normalized spacial score (nSPS) is 11.1. The van der Waals surface area contributed by atoms with Gasteiger partial charge < -0.3 is 5.32 Å². The van der Waals surface area contributed by atoms with Crippen molar-refractivity contribution in [2.24, 2.45) is 0 Å². The Morgan fingerprint density at radius 2 is 2.15 bits per heavy atom. The molecule has 0 atom stereocenters. The molecule has 9 heteroatoms. The number of hydrogen-bond acceptors (Lipinski definition) is 3. The second kappa shape index (κ2) is 7.65. The monoisotopic (exact) mass is 379 g/mol. The van der Waals surface area contributed by atoms with E-state index in [1.165, 1.54) is 16.9 Å². The minimum Gasteiger partial charge on any atom is -0.322 e. The van der Waals surface area contributed by atoms with E-state index in [4.69, 9.17) is 11.6 Å². The van der Waals surface area contributed by atoms with Crippen molar-refractivity contribution >= 4 is 23.2 Å². The lowest BCUT2D eigenvalue weighted by atomic mass is 10.2. The molecule has 0 unspecified atom stereocenters. The molecule has 0 aliphatic rings. The number of rotatable bonds is 6. The number of alkyl halides is 2. The molecule has 0 radical (unpaired) electrons. The van der Waals surface area contributed by atoms with Crippen LogP contribution in [-0.4, -0.2) is 25.5 Å². The zero-order chi connectivity index (χ0) is 18.7. The lowest BCUT2D eigenvalue weighted by molar-refractivity contribution is -0.117. The van der Waals surface area contributed by atoms with Crippen LogP contribution in [0.4, 0.5) is 14.5 Å². The third kappa shape index (κ3) is 4.45. The summed E-state index contributed by atoms with van der Waals surface area (Å²) in [6.07, 6.45) is 0.533. The summed E-state index contributed by atoms with van der Waals surface area (Å²) in [6, 6.07) is 8.66. The van der Waals surface area contributed by atoms with Gasteiger partial charge in [0.1, 0.15) is 12.2 Å². The number of benzene rings is 1. The minimum atomic E-state index is -2.66. The van der Waals surface area contributed by atoms with Gasteiger partial charge in [0.2, 0.25) is 5.91 Å². The number of amides is 1. The lowest BCUT2D eigenvalue weighted by Gasteiger charge is -2.05. The average Bonchev–Trinajstić information content (AvgIpc) is 3.14. The van der Waals surface area contributed by atoms with Gasteiger partial charge in [0.25, 0.3) is 6.43 Å². The van der Waals surface area contributed by atoms with Crippen LogP contribution in [0.15, 0.2) is 42.7 Å². The van der Waals surface area contributed by atoms with Gasteiger partial charge in [-0.25, -0.2) is 8.78 Å². The molecular weight excluding hydrogens is 364 g/mol. The third-order valence-electron chi connectivity index (χ3n) is 3.67. The summed E-state index contributed by atoms with van der Waals surface area (Å²) in [5.74, 6) is -0.376. The molecule has 2 aromatic heterocycles. The molecule has 3 aromatic rings. The van der Waals surface area contributed by atoms with Crippen molar-refractivity contribution in [3.05, 3.63) is 64.7 Å². The van der Waals surface area contributed by atoms with Crippen LogP contribution in [0.2, 0.25) is 5.02 Å². The number of aromatic nitrogens is 4. The Kier molecular flexibility index (Phi) is 5.32. The van der Waals surface area contributed by atoms with Crippen LogP contribution in [-0.2, 0) is 17.9 Å². The van der Waals surface area contributed by atoms with Crippen molar-refractivity contribution in [2.45, 2.75) is 26.4 Å². The van der Waals surface area contributed by atoms with Gasteiger partial charge in [0.05, 0.1) is 18.4 Å². The van der Waals surface area contributed by atoms with Gasteiger partial charge >= 0.3 is 0 Å². The molecule has 1 N–H and O–H groups in total. The fourth-order valence-electron chi connectivity index (χ4n) is 2.48. The molecule has 136 valence electrons. The van der Waals surface area contributed by atoms with E-state index in [9.17, 15) is 13.6 Å². The van der Waals surface area contributed by atoms with Gasteiger partial charge in [-0.3, -0.25) is 14.2 Å². The molecule has 0 aliphatic heterocycles. The Balaban J connectivity index is 1.61. The molecule has 0 fully saturated rings. The first kappa shape index (κ1) is 18.1. The maximum atomic E-state index is 12.7. The summed E-state index contributed by atoms with van der Waals surface area (Å²) in [6.45, 7) is 1.97. The Morgan fingerprint density at radius 1 is 1.35 bits per heavy atom. The van der Waals surface area contributed by atoms with E-state index >= 15 is 0 Å². The van der Waals surface area contributed by atoms with Crippen molar-refractivity contribution in [1.29, 1.82) is 0 Å². The van der Waals surface area contributed by atoms with Gasteiger partial charge in [-0.05, 0) is 30.7 Å². The molecule has 6 nitrogen and oxygen atoms in total. The SMILES string of the molecule is Cc1cc(C(F)F)nn1CC(=O)Nc1cnn(Cc2cccc(Cl)c2)c1. The number of nitrogens with one attached hydrogen (secondary N) is 1. The minimum absolute atomic E-state index is 0.155. The highest BCUT2D eigenvalue weighted by molar-refractivity contribution is 6.30. The maximum Gasteiger partial charge on any atom is 0.282 e. The number of halogens is 3. The van der Waals surface area contributed by atoms with Crippen LogP contribution in [0.3, 0.4) is 0 Å². The van der Waals surface area contributed by atoms with Crippen molar-refractivity contribution in [3.8, 4) is 0 Å². The van der Waals surface area contributed by atoms with Crippen LogP contribution in [0, 0.1) is 6.92 Å². The van der Waals surface area contributed by atoms with E-state index in [0.717, 1.165) is 5.56 Å². The molecular formula is C17H16ClF2N5O. The van der Waals surface area contributed by atoms with E-state index < -0.39 is 6.43 Å². The molecule has 1 amide bonds. The fraction of sp³-hybridized carbons (Fsp3) is 0.235. The predicted molar refractivity (Wildman–Crippen MR) is 93.3 cm³/mol. The van der Waals surface area contributed by atoms with Crippen LogP contribution < -0.4 is 5.32 Å². The summed E-state index contributed by atoms with van der Waals surface area (Å²) in [5, 5.41) is 11.2. The highest BCUT2D eigenvalue weighted by Crippen LogP contribution is 2.18. The Bertz CT molecular complexity index is 922. The highest BCUT2D eigenvalue weighted by atomic mass is 35.5. The quantitative estimate of drug-likeness (QED) is 0.710. The van der Waals surface area contributed by atoms with Gasteiger partial charge in [-0.1, -0.05) is 23.7 Å². The smallest absolute Gasteiger partial charge is 0.282 e. The van der Waals surface area contributed by atoms with Crippen molar-refractivity contribution in [1.82, 2.24) is 19.6 Å². The van der Waals surface area contributed by atoms with Crippen LogP contribution in [0.1, 0.15) is 23.4 Å².